The molecule has 1 atom stereocenters. The molecule has 2 rings (SSSR count). The molecule has 0 saturated heterocycles. The van der Waals surface area contributed by atoms with Crippen molar-refractivity contribution in [1.82, 2.24) is 0 Å². The summed E-state index contributed by atoms with van der Waals surface area (Å²) < 4.78 is 52.0. The van der Waals surface area contributed by atoms with Crippen molar-refractivity contribution < 1.29 is 22.7 Å². The number of aliphatic hydroxyl groups is 1. The number of rotatable bonds is 4. The van der Waals surface area contributed by atoms with Gasteiger partial charge in [0, 0.05) is 18.7 Å². The van der Waals surface area contributed by atoms with Gasteiger partial charge in [-0.2, -0.15) is 0 Å². The fourth-order valence-electron chi connectivity index (χ4n) is 1.70. The first-order valence-electron chi connectivity index (χ1n) is 5.79. The van der Waals surface area contributed by atoms with E-state index in [9.17, 15) is 22.7 Å². The van der Waals surface area contributed by atoms with Crippen LogP contribution in [0.2, 0.25) is 0 Å². The molecule has 2 N–H and O–H groups in total. The number of anilines is 1. The summed E-state index contributed by atoms with van der Waals surface area (Å²) >= 11 is 0. The monoisotopic (exact) mass is 285 g/mol. The lowest BCUT2D eigenvalue weighted by atomic mass is 10.1. The highest BCUT2D eigenvalue weighted by Crippen LogP contribution is 2.20. The third-order valence-corrected chi connectivity index (χ3v) is 2.73. The molecule has 0 fully saturated rings. The summed E-state index contributed by atoms with van der Waals surface area (Å²) in [5.74, 6) is -3.98. The molecule has 2 aromatic carbocycles. The Morgan fingerprint density at radius 2 is 1.65 bits per heavy atom. The SMILES string of the molecule is OC(CNc1cc(F)c(F)cc1F)c1cccc(F)c1. The van der Waals surface area contributed by atoms with E-state index < -0.39 is 29.4 Å². The number of benzene rings is 2. The van der Waals surface area contributed by atoms with Crippen LogP contribution in [0, 0.1) is 23.3 Å². The van der Waals surface area contributed by atoms with E-state index in [-0.39, 0.29) is 12.2 Å². The van der Waals surface area contributed by atoms with E-state index in [1.807, 2.05) is 0 Å². The molecule has 0 aliphatic carbocycles. The minimum absolute atomic E-state index is 0.175. The van der Waals surface area contributed by atoms with Gasteiger partial charge in [0.15, 0.2) is 11.6 Å². The van der Waals surface area contributed by atoms with E-state index >= 15 is 0 Å². The molecule has 0 amide bonds. The van der Waals surface area contributed by atoms with E-state index in [0.29, 0.717) is 17.7 Å². The normalized spacial score (nSPS) is 12.2. The maximum atomic E-state index is 13.3. The zero-order valence-electron chi connectivity index (χ0n) is 10.2. The highest BCUT2D eigenvalue weighted by Gasteiger charge is 2.12. The van der Waals surface area contributed by atoms with Crippen LogP contribution in [0.3, 0.4) is 0 Å². The Kier molecular flexibility index (Phi) is 4.24. The van der Waals surface area contributed by atoms with Gasteiger partial charge in [-0.25, -0.2) is 17.6 Å². The van der Waals surface area contributed by atoms with Gasteiger partial charge in [0.2, 0.25) is 0 Å². The zero-order valence-corrected chi connectivity index (χ0v) is 10.2. The van der Waals surface area contributed by atoms with Gasteiger partial charge in [0.25, 0.3) is 0 Å². The molecule has 0 spiro atoms. The van der Waals surface area contributed by atoms with Crippen LogP contribution in [-0.2, 0) is 0 Å². The van der Waals surface area contributed by atoms with Crippen LogP contribution in [0.25, 0.3) is 0 Å². The smallest absolute Gasteiger partial charge is 0.161 e. The number of nitrogens with one attached hydrogen (secondary N) is 1. The average Bonchev–Trinajstić information content (AvgIpc) is 2.41. The molecule has 2 nitrogen and oxygen atoms in total. The lowest BCUT2D eigenvalue weighted by molar-refractivity contribution is 0.191. The summed E-state index contributed by atoms with van der Waals surface area (Å²) in [4.78, 5) is 0. The third-order valence-electron chi connectivity index (χ3n) is 2.73. The molecular formula is C14H11F4NO. The molecule has 1 unspecified atom stereocenters. The van der Waals surface area contributed by atoms with Gasteiger partial charge in [-0.15, -0.1) is 0 Å². The molecule has 106 valence electrons. The number of halogens is 4. The van der Waals surface area contributed by atoms with Crippen molar-refractivity contribution in [2.24, 2.45) is 0 Å². The molecule has 0 bridgehead atoms. The second kappa shape index (κ2) is 5.92. The molecule has 20 heavy (non-hydrogen) atoms. The first-order valence-corrected chi connectivity index (χ1v) is 5.79. The summed E-state index contributed by atoms with van der Waals surface area (Å²) in [5, 5.41) is 12.2. The van der Waals surface area contributed by atoms with Gasteiger partial charge in [0.1, 0.15) is 11.6 Å². The molecule has 0 aliphatic heterocycles. The van der Waals surface area contributed by atoms with E-state index in [4.69, 9.17) is 0 Å². The van der Waals surface area contributed by atoms with Gasteiger partial charge >= 0.3 is 0 Å². The number of hydrogen-bond acceptors (Lipinski definition) is 2. The highest BCUT2D eigenvalue weighted by atomic mass is 19.2. The largest absolute Gasteiger partial charge is 0.387 e. The summed E-state index contributed by atoms with van der Waals surface area (Å²) in [7, 11) is 0. The Labute approximate surface area is 112 Å². The second-order valence-electron chi connectivity index (χ2n) is 4.20. The van der Waals surface area contributed by atoms with Crippen LogP contribution in [0.1, 0.15) is 11.7 Å². The highest BCUT2D eigenvalue weighted by molar-refractivity contribution is 5.45. The minimum atomic E-state index is -1.29. The molecule has 2 aromatic rings. The van der Waals surface area contributed by atoms with Gasteiger partial charge in [0.05, 0.1) is 11.8 Å². The van der Waals surface area contributed by atoms with Crippen molar-refractivity contribution >= 4 is 5.69 Å². The van der Waals surface area contributed by atoms with Gasteiger partial charge in [-0.1, -0.05) is 12.1 Å². The third kappa shape index (κ3) is 3.27. The fourth-order valence-corrected chi connectivity index (χ4v) is 1.70. The van der Waals surface area contributed by atoms with Gasteiger partial charge in [-0.3, -0.25) is 0 Å². The van der Waals surface area contributed by atoms with E-state index in [2.05, 4.69) is 5.32 Å². The molecular weight excluding hydrogens is 274 g/mol. The van der Waals surface area contributed by atoms with Crippen molar-refractivity contribution in [3.63, 3.8) is 0 Å². The predicted octanol–water partition coefficient (Wildman–Crippen LogP) is 3.39. The van der Waals surface area contributed by atoms with Crippen LogP contribution >= 0.6 is 0 Å². The topological polar surface area (TPSA) is 32.3 Å². The van der Waals surface area contributed by atoms with Crippen LogP contribution in [-0.4, -0.2) is 11.7 Å². The van der Waals surface area contributed by atoms with Crippen molar-refractivity contribution in [3.05, 3.63) is 65.2 Å². The lowest BCUT2D eigenvalue weighted by Crippen LogP contribution is -2.13. The lowest BCUT2D eigenvalue weighted by Gasteiger charge is -2.14. The predicted molar refractivity (Wildman–Crippen MR) is 66.2 cm³/mol. The minimum Gasteiger partial charge on any atom is -0.387 e. The van der Waals surface area contributed by atoms with Crippen molar-refractivity contribution in [1.29, 1.82) is 0 Å². The summed E-state index contributed by atoms with van der Waals surface area (Å²) in [6.45, 7) is -0.175. The van der Waals surface area contributed by atoms with Crippen molar-refractivity contribution in [3.8, 4) is 0 Å². The molecule has 0 radical (unpaired) electrons. The molecule has 6 heteroatoms. The summed E-state index contributed by atoms with van der Waals surface area (Å²) in [6.07, 6.45) is -1.11. The molecule has 0 heterocycles. The van der Waals surface area contributed by atoms with Crippen LogP contribution < -0.4 is 5.32 Å². The van der Waals surface area contributed by atoms with Gasteiger partial charge in [-0.05, 0) is 17.7 Å². The first-order chi connectivity index (χ1) is 9.47. The molecule has 0 aromatic heterocycles. The van der Waals surface area contributed by atoms with E-state index in [1.165, 1.54) is 18.2 Å². The van der Waals surface area contributed by atoms with Crippen LogP contribution in [0.5, 0.6) is 0 Å². The zero-order chi connectivity index (χ0) is 14.7. The Hall–Kier alpha value is -2.08. The van der Waals surface area contributed by atoms with E-state index in [0.717, 1.165) is 6.07 Å². The first kappa shape index (κ1) is 14.3. The number of aliphatic hydroxyl groups excluding tert-OH is 1. The van der Waals surface area contributed by atoms with Crippen LogP contribution in [0.4, 0.5) is 23.2 Å². The van der Waals surface area contributed by atoms with E-state index in [1.54, 1.807) is 0 Å². The van der Waals surface area contributed by atoms with Crippen molar-refractivity contribution in [2.75, 3.05) is 11.9 Å². The average molecular weight is 285 g/mol. The Morgan fingerprint density at radius 1 is 0.950 bits per heavy atom. The summed E-state index contributed by atoms with van der Waals surface area (Å²) in [6, 6.07) is 6.34. The fraction of sp³-hybridized carbons (Fsp3) is 0.143. The Morgan fingerprint density at radius 3 is 2.35 bits per heavy atom. The maximum Gasteiger partial charge on any atom is 0.161 e. The second-order valence-corrected chi connectivity index (χ2v) is 4.20. The molecule has 0 saturated carbocycles. The standard InChI is InChI=1S/C14H11F4NO/c15-9-3-1-2-8(4-9)14(20)7-19-13-6-11(17)10(16)5-12(13)18/h1-6,14,19-20H,7H2. The van der Waals surface area contributed by atoms with Gasteiger partial charge < -0.3 is 10.4 Å². The maximum absolute atomic E-state index is 13.3. The quantitative estimate of drug-likeness (QED) is 0.666. The number of hydrogen-bond donors (Lipinski definition) is 2. The Balaban J connectivity index is 2.07. The van der Waals surface area contributed by atoms with Crippen LogP contribution in [0.15, 0.2) is 36.4 Å². The molecule has 0 aliphatic rings. The van der Waals surface area contributed by atoms with Crippen molar-refractivity contribution in [2.45, 2.75) is 6.10 Å². The summed E-state index contributed by atoms with van der Waals surface area (Å²) in [5.41, 5.74) is 0.0137. The Bertz CT molecular complexity index is 618.